The van der Waals surface area contributed by atoms with Crippen LogP contribution in [0, 0.1) is 20.7 Å². The zero-order valence-electron chi connectivity index (χ0n) is 21.8. The fourth-order valence-electron chi connectivity index (χ4n) is 4.78. The Morgan fingerprint density at radius 1 is 1.14 bits per heavy atom. The number of urea groups is 1. The Morgan fingerprint density at radius 2 is 1.88 bits per heavy atom. The van der Waals surface area contributed by atoms with Crippen LogP contribution in [0.4, 0.5) is 39.5 Å². The van der Waals surface area contributed by atoms with Gasteiger partial charge in [-0.05, 0) is 64.0 Å². The molecule has 218 valence electrons. The van der Waals surface area contributed by atoms with Gasteiger partial charge >= 0.3 is 12.2 Å². The molecule has 42 heavy (non-hydrogen) atoms. The van der Waals surface area contributed by atoms with E-state index in [2.05, 4.69) is 31.7 Å². The second-order valence-electron chi connectivity index (χ2n) is 9.40. The van der Waals surface area contributed by atoms with Gasteiger partial charge in [0.2, 0.25) is 0 Å². The summed E-state index contributed by atoms with van der Waals surface area (Å²) in [5.41, 5.74) is 7.84. The first-order valence-electron chi connectivity index (χ1n) is 12.6. The number of halogens is 5. The van der Waals surface area contributed by atoms with Crippen LogP contribution in [0.15, 0.2) is 42.7 Å². The maximum absolute atomic E-state index is 15.4. The molecule has 0 saturated carbocycles. The summed E-state index contributed by atoms with van der Waals surface area (Å²) in [4.78, 5) is 19.0. The lowest BCUT2D eigenvalue weighted by atomic mass is 9.98. The van der Waals surface area contributed by atoms with Crippen LogP contribution in [0.25, 0.3) is 16.6 Å². The number of thioether (sulfide) groups is 1. The molecule has 1 aliphatic heterocycles. The fourth-order valence-corrected chi connectivity index (χ4v) is 6.23. The first-order chi connectivity index (χ1) is 20.1. The van der Waals surface area contributed by atoms with Crippen molar-refractivity contribution in [3.8, 4) is 17.2 Å². The molecule has 9 nitrogen and oxygen atoms in total. The minimum absolute atomic E-state index is 0.0235. The van der Waals surface area contributed by atoms with Gasteiger partial charge in [-0.25, -0.2) is 18.7 Å². The quantitative estimate of drug-likeness (QED) is 0.166. The number of alkyl halides is 3. The normalized spacial score (nSPS) is 14.1. The standard InChI is InChI=1S/C27H23F4IN8OS/c28-18-11-15(1-4-20(18)37-26(41)38-21-12-16(27(29,30)31)2-3-19(21)32)23-17(5-6-33)22(13-39-7-9-42-10-8-39)40-24(23)25(34)35-14-36-40/h1-4,11-12,14H,5,7-10,13H2,(H2,34,35,36)(H2,37,38,41). The molecule has 15 heteroatoms. The zero-order valence-corrected chi connectivity index (χ0v) is 24.8. The Hall–Kier alpha value is -3.62. The molecule has 3 heterocycles. The molecule has 1 fully saturated rings. The van der Waals surface area contributed by atoms with Gasteiger partial charge in [0.05, 0.1) is 35.1 Å². The van der Waals surface area contributed by atoms with E-state index in [0.29, 0.717) is 32.3 Å². The summed E-state index contributed by atoms with van der Waals surface area (Å²) in [6.45, 7) is 2.26. The van der Waals surface area contributed by atoms with E-state index < -0.39 is 23.6 Å². The van der Waals surface area contributed by atoms with Crippen molar-refractivity contribution in [1.29, 1.82) is 5.26 Å². The van der Waals surface area contributed by atoms with Crippen molar-refractivity contribution < 1.29 is 22.4 Å². The number of nitrogens with two attached hydrogens (primary N) is 1. The molecule has 2 aromatic heterocycles. The van der Waals surface area contributed by atoms with Crippen LogP contribution in [0.5, 0.6) is 0 Å². The number of hydrogen-bond acceptors (Lipinski definition) is 7. The van der Waals surface area contributed by atoms with Crippen molar-refractivity contribution >= 4 is 63.1 Å². The van der Waals surface area contributed by atoms with Crippen molar-refractivity contribution in [3.05, 3.63) is 68.9 Å². The third-order valence-electron chi connectivity index (χ3n) is 6.74. The number of nitrogens with zero attached hydrogens (tertiary/aromatic N) is 5. The average Bonchev–Trinajstić information content (AvgIpc) is 3.25. The summed E-state index contributed by atoms with van der Waals surface area (Å²) in [7, 11) is 0. The summed E-state index contributed by atoms with van der Waals surface area (Å²) in [6.07, 6.45) is -3.24. The number of fused-ring (bicyclic) bond motifs is 1. The third-order valence-corrected chi connectivity index (χ3v) is 8.62. The zero-order chi connectivity index (χ0) is 30.0. The van der Waals surface area contributed by atoms with Crippen molar-refractivity contribution in [2.24, 2.45) is 0 Å². The molecule has 1 aliphatic rings. The topological polar surface area (TPSA) is 124 Å². The van der Waals surface area contributed by atoms with Crippen LogP contribution in [-0.4, -0.2) is 50.1 Å². The van der Waals surface area contributed by atoms with Gasteiger partial charge in [-0.3, -0.25) is 4.90 Å². The van der Waals surface area contributed by atoms with E-state index in [9.17, 15) is 23.2 Å². The van der Waals surface area contributed by atoms with Gasteiger partial charge in [-0.1, -0.05) is 6.07 Å². The van der Waals surface area contributed by atoms with E-state index in [1.807, 2.05) is 11.8 Å². The van der Waals surface area contributed by atoms with E-state index in [1.54, 1.807) is 33.2 Å². The number of carbonyl (C=O) groups is 1. The van der Waals surface area contributed by atoms with Gasteiger partial charge in [0.1, 0.15) is 17.7 Å². The molecule has 5 rings (SSSR count). The van der Waals surface area contributed by atoms with E-state index in [0.717, 1.165) is 42.4 Å². The number of benzene rings is 2. The van der Waals surface area contributed by atoms with Crippen LogP contribution in [0.1, 0.15) is 16.8 Å². The second kappa shape index (κ2) is 12.3. The summed E-state index contributed by atoms with van der Waals surface area (Å²) in [5, 5.41) is 18.8. The van der Waals surface area contributed by atoms with Crippen molar-refractivity contribution in [2.45, 2.75) is 19.1 Å². The van der Waals surface area contributed by atoms with Gasteiger partial charge in [0.25, 0.3) is 0 Å². The van der Waals surface area contributed by atoms with Crippen LogP contribution < -0.4 is 16.4 Å². The highest BCUT2D eigenvalue weighted by Gasteiger charge is 2.31. The van der Waals surface area contributed by atoms with Gasteiger partial charge in [-0.2, -0.15) is 35.3 Å². The first kappa shape index (κ1) is 29.9. The Balaban J connectivity index is 1.47. The summed E-state index contributed by atoms with van der Waals surface area (Å²) in [5.74, 6) is 1.34. The Morgan fingerprint density at radius 3 is 2.57 bits per heavy atom. The van der Waals surface area contributed by atoms with Crippen LogP contribution in [0.2, 0.25) is 0 Å². The number of anilines is 3. The predicted molar refractivity (Wildman–Crippen MR) is 162 cm³/mol. The van der Waals surface area contributed by atoms with Gasteiger partial charge in [0, 0.05) is 40.3 Å². The number of rotatable bonds is 6. The summed E-state index contributed by atoms with van der Waals surface area (Å²) < 4.78 is 56.8. The van der Waals surface area contributed by atoms with Crippen LogP contribution >= 0.6 is 34.4 Å². The van der Waals surface area contributed by atoms with Crippen molar-refractivity contribution in [2.75, 3.05) is 41.0 Å². The number of aromatic nitrogens is 3. The Kier molecular flexibility index (Phi) is 8.76. The fraction of sp³-hybridized carbons (Fsp3) is 0.259. The van der Waals surface area contributed by atoms with E-state index in [1.165, 1.54) is 24.5 Å². The number of carbonyl (C=O) groups excluding carboxylic acids is 1. The van der Waals surface area contributed by atoms with E-state index >= 15 is 4.39 Å². The lowest BCUT2D eigenvalue weighted by molar-refractivity contribution is -0.137. The number of nitriles is 1. The van der Waals surface area contributed by atoms with E-state index in [-0.39, 0.29) is 23.6 Å². The maximum Gasteiger partial charge on any atom is 0.416 e. The number of hydrogen-bond donors (Lipinski definition) is 3. The smallest absolute Gasteiger partial charge is 0.382 e. The first-order valence-corrected chi connectivity index (χ1v) is 14.8. The lowest BCUT2D eigenvalue weighted by Gasteiger charge is -2.26. The van der Waals surface area contributed by atoms with Crippen LogP contribution in [0.3, 0.4) is 0 Å². The van der Waals surface area contributed by atoms with Crippen molar-refractivity contribution in [3.63, 3.8) is 0 Å². The highest BCUT2D eigenvalue weighted by atomic mass is 127. The molecule has 4 aromatic rings. The number of nitrogens with one attached hydrogen (secondary N) is 2. The summed E-state index contributed by atoms with van der Waals surface area (Å²) in [6, 6.07) is 8.32. The molecule has 0 unspecified atom stereocenters. The second-order valence-corrected chi connectivity index (χ2v) is 11.8. The maximum atomic E-state index is 15.4. The largest absolute Gasteiger partial charge is 0.416 e. The minimum Gasteiger partial charge on any atom is -0.382 e. The molecule has 0 radical (unpaired) electrons. The van der Waals surface area contributed by atoms with Gasteiger partial charge < -0.3 is 16.4 Å². The lowest BCUT2D eigenvalue weighted by Crippen LogP contribution is -2.32. The number of nitrogen functional groups attached to an aromatic ring is 1. The molecule has 4 N–H and O–H groups in total. The SMILES string of the molecule is N#CCc1c(-c2ccc(NC(=O)Nc3cc(C(F)(F)F)ccc3I)c(F)c2)c2c(N)ncnn2c1CN1CCSCC1. The number of amides is 2. The molecular weight excluding hydrogens is 687 g/mol. The van der Waals surface area contributed by atoms with Gasteiger partial charge in [-0.15, -0.1) is 0 Å². The molecule has 0 spiro atoms. The predicted octanol–water partition coefficient (Wildman–Crippen LogP) is 6.00. The third kappa shape index (κ3) is 6.25. The van der Waals surface area contributed by atoms with Gasteiger partial charge in [0.15, 0.2) is 5.82 Å². The highest BCUT2D eigenvalue weighted by Crippen LogP contribution is 2.38. The molecule has 0 aliphatic carbocycles. The summed E-state index contributed by atoms with van der Waals surface area (Å²) >= 11 is 3.67. The minimum atomic E-state index is -4.59. The van der Waals surface area contributed by atoms with Crippen molar-refractivity contribution in [1.82, 2.24) is 19.5 Å². The van der Waals surface area contributed by atoms with E-state index in [4.69, 9.17) is 5.73 Å². The Labute approximate surface area is 255 Å². The average molecular weight is 710 g/mol. The highest BCUT2D eigenvalue weighted by molar-refractivity contribution is 14.1. The molecule has 0 bridgehead atoms. The van der Waals surface area contributed by atoms with Crippen LogP contribution in [-0.2, 0) is 19.1 Å². The molecule has 2 amide bonds. The monoisotopic (exact) mass is 710 g/mol. The molecule has 1 saturated heterocycles. The Bertz CT molecular complexity index is 1700. The molecular formula is C27H23F4IN8OS. The molecule has 0 atom stereocenters. The molecule has 2 aromatic carbocycles.